The Labute approximate surface area is 160 Å². The number of carbonyl (C=O) groups is 2. The van der Waals surface area contributed by atoms with E-state index in [9.17, 15) is 9.59 Å². The van der Waals surface area contributed by atoms with Gasteiger partial charge < -0.3 is 20.9 Å². The van der Waals surface area contributed by atoms with Gasteiger partial charge in [-0.25, -0.2) is 14.6 Å². The molecule has 8 heteroatoms. The van der Waals surface area contributed by atoms with E-state index >= 15 is 0 Å². The molecule has 0 fully saturated rings. The Balaban J connectivity index is 1.61. The number of guanidine groups is 1. The van der Waals surface area contributed by atoms with Crippen LogP contribution in [0.1, 0.15) is 20.7 Å². The molecule has 0 aliphatic heterocycles. The van der Waals surface area contributed by atoms with Gasteiger partial charge in [-0.3, -0.25) is 4.98 Å². The topological polar surface area (TPSA) is 130 Å². The molecule has 1 aromatic heterocycles. The largest absolute Gasteiger partial charge is 0.423 e. The van der Waals surface area contributed by atoms with Crippen LogP contribution >= 0.6 is 0 Å². The molecule has 3 rings (SSSR count). The molecular weight excluding hydrogens is 360 g/mol. The smallest absolute Gasteiger partial charge is 0.345 e. The molecule has 140 valence electrons. The van der Waals surface area contributed by atoms with Gasteiger partial charge >= 0.3 is 11.9 Å². The zero-order chi connectivity index (χ0) is 19.9. The maximum atomic E-state index is 12.2. The second-order valence-electron chi connectivity index (χ2n) is 5.58. The Bertz CT molecular complexity index is 997. The van der Waals surface area contributed by atoms with Crippen LogP contribution in [0.5, 0.6) is 11.5 Å². The highest BCUT2D eigenvalue weighted by atomic mass is 16.5. The minimum Gasteiger partial charge on any atom is -0.423 e. The van der Waals surface area contributed by atoms with Crippen molar-refractivity contribution in [3.05, 3.63) is 84.2 Å². The van der Waals surface area contributed by atoms with Crippen LogP contribution in [0.2, 0.25) is 0 Å². The van der Waals surface area contributed by atoms with E-state index in [4.69, 9.17) is 20.9 Å². The quantitative estimate of drug-likeness (QED) is 0.303. The van der Waals surface area contributed by atoms with Crippen LogP contribution in [0.15, 0.2) is 78.0 Å². The number of pyridine rings is 1. The first-order valence-electron chi connectivity index (χ1n) is 8.15. The van der Waals surface area contributed by atoms with E-state index in [1.807, 2.05) is 0 Å². The summed E-state index contributed by atoms with van der Waals surface area (Å²) < 4.78 is 10.5. The summed E-state index contributed by atoms with van der Waals surface area (Å²) in [5.74, 6) is -0.524. The molecule has 0 saturated carbocycles. The summed E-state index contributed by atoms with van der Waals surface area (Å²) in [6.07, 6.45) is 2.98. The van der Waals surface area contributed by atoms with Crippen molar-refractivity contribution < 1.29 is 19.1 Å². The molecule has 0 saturated heterocycles. The fourth-order valence-corrected chi connectivity index (χ4v) is 2.21. The number of aliphatic imine (C=N–C) groups is 1. The summed E-state index contributed by atoms with van der Waals surface area (Å²) in [6.45, 7) is 0. The van der Waals surface area contributed by atoms with Gasteiger partial charge in [-0.15, -0.1) is 0 Å². The Morgan fingerprint density at radius 2 is 1.36 bits per heavy atom. The van der Waals surface area contributed by atoms with Crippen molar-refractivity contribution >= 4 is 23.6 Å². The lowest BCUT2D eigenvalue weighted by Crippen LogP contribution is -2.21. The van der Waals surface area contributed by atoms with Crippen LogP contribution < -0.4 is 20.9 Å². The van der Waals surface area contributed by atoms with E-state index < -0.39 is 11.9 Å². The van der Waals surface area contributed by atoms with Gasteiger partial charge in [-0.2, -0.15) is 0 Å². The average Bonchev–Trinajstić information content (AvgIpc) is 2.70. The molecule has 0 radical (unpaired) electrons. The maximum absolute atomic E-state index is 12.2. The van der Waals surface area contributed by atoms with E-state index in [0.717, 1.165) is 0 Å². The van der Waals surface area contributed by atoms with Gasteiger partial charge in [0.2, 0.25) is 0 Å². The van der Waals surface area contributed by atoms with Crippen molar-refractivity contribution in [2.75, 3.05) is 0 Å². The molecule has 0 amide bonds. The Kier molecular flexibility index (Phi) is 5.61. The lowest BCUT2D eigenvalue weighted by Gasteiger charge is -2.07. The lowest BCUT2D eigenvalue weighted by atomic mass is 10.2. The summed E-state index contributed by atoms with van der Waals surface area (Å²) in [5, 5.41) is 0. The molecule has 0 unspecified atom stereocenters. The first-order valence-corrected chi connectivity index (χ1v) is 8.15. The average molecular weight is 376 g/mol. The molecule has 8 nitrogen and oxygen atoms in total. The number of rotatable bonds is 5. The minimum absolute atomic E-state index is 0.0698. The van der Waals surface area contributed by atoms with Crippen LogP contribution in [0, 0.1) is 0 Å². The van der Waals surface area contributed by atoms with Gasteiger partial charge in [0, 0.05) is 12.4 Å². The fourth-order valence-electron chi connectivity index (χ4n) is 2.21. The predicted octanol–water partition coefficient (Wildman–Crippen LogP) is 2.42. The molecule has 28 heavy (non-hydrogen) atoms. The van der Waals surface area contributed by atoms with Crippen LogP contribution in [0.25, 0.3) is 0 Å². The predicted molar refractivity (Wildman–Crippen MR) is 103 cm³/mol. The summed E-state index contributed by atoms with van der Waals surface area (Å²) in [5.41, 5.74) is 11.8. The standard InChI is InChI=1S/C20H16N4O4/c21-20(22)24-15-5-3-13(4-6-15)18(25)27-16-7-9-17(10-8-16)28-19(26)14-2-1-11-23-12-14/h1-12H,(H4,21,22,24). The van der Waals surface area contributed by atoms with E-state index in [2.05, 4.69) is 9.98 Å². The van der Waals surface area contributed by atoms with Crippen molar-refractivity contribution in [1.29, 1.82) is 0 Å². The Morgan fingerprint density at radius 3 is 1.86 bits per heavy atom. The molecule has 0 spiro atoms. The lowest BCUT2D eigenvalue weighted by molar-refractivity contribution is 0.0719. The second kappa shape index (κ2) is 8.45. The zero-order valence-electron chi connectivity index (χ0n) is 14.6. The number of aromatic nitrogens is 1. The monoisotopic (exact) mass is 376 g/mol. The molecule has 4 N–H and O–H groups in total. The summed E-state index contributed by atoms with van der Waals surface area (Å²) in [6, 6.07) is 15.6. The van der Waals surface area contributed by atoms with Crippen molar-refractivity contribution in [1.82, 2.24) is 4.98 Å². The van der Waals surface area contributed by atoms with Crippen molar-refractivity contribution in [3.8, 4) is 11.5 Å². The highest BCUT2D eigenvalue weighted by molar-refractivity contribution is 5.92. The number of hydrogen-bond donors (Lipinski definition) is 2. The zero-order valence-corrected chi connectivity index (χ0v) is 14.6. The van der Waals surface area contributed by atoms with Crippen molar-refractivity contribution in [2.24, 2.45) is 16.5 Å². The van der Waals surface area contributed by atoms with Gasteiger partial charge in [-0.1, -0.05) is 0 Å². The number of nitrogens with two attached hydrogens (primary N) is 2. The molecule has 0 aliphatic carbocycles. The third-order valence-electron chi connectivity index (χ3n) is 3.50. The first kappa shape index (κ1) is 18.6. The van der Waals surface area contributed by atoms with Gasteiger partial charge in [0.1, 0.15) is 11.5 Å². The van der Waals surface area contributed by atoms with Crippen molar-refractivity contribution in [3.63, 3.8) is 0 Å². The van der Waals surface area contributed by atoms with Gasteiger partial charge in [0.05, 0.1) is 16.8 Å². The normalized spacial score (nSPS) is 10.0. The van der Waals surface area contributed by atoms with E-state index in [1.54, 1.807) is 42.6 Å². The first-order chi connectivity index (χ1) is 13.5. The minimum atomic E-state index is -0.545. The number of nitrogens with zero attached hydrogens (tertiary/aromatic N) is 2. The van der Waals surface area contributed by atoms with Crippen LogP contribution in [0.4, 0.5) is 5.69 Å². The third kappa shape index (κ3) is 4.92. The highest BCUT2D eigenvalue weighted by Crippen LogP contribution is 2.20. The molecule has 0 aliphatic rings. The van der Waals surface area contributed by atoms with E-state index in [1.165, 1.54) is 30.5 Å². The van der Waals surface area contributed by atoms with Crippen LogP contribution in [0.3, 0.4) is 0 Å². The Hall–Kier alpha value is -4.20. The second-order valence-corrected chi connectivity index (χ2v) is 5.58. The Morgan fingerprint density at radius 1 is 0.786 bits per heavy atom. The molecular formula is C20H16N4O4. The molecule has 3 aromatic rings. The van der Waals surface area contributed by atoms with E-state index in [0.29, 0.717) is 28.3 Å². The van der Waals surface area contributed by atoms with Crippen LogP contribution in [-0.2, 0) is 0 Å². The summed E-state index contributed by atoms with van der Waals surface area (Å²) >= 11 is 0. The van der Waals surface area contributed by atoms with Crippen molar-refractivity contribution in [2.45, 2.75) is 0 Å². The SMILES string of the molecule is NC(N)=Nc1ccc(C(=O)Oc2ccc(OC(=O)c3cccnc3)cc2)cc1. The highest BCUT2D eigenvalue weighted by Gasteiger charge is 2.11. The third-order valence-corrected chi connectivity index (χ3v) is 3.50. The number of carbonyl (C=O) groups excluding carboxylic acids is 2. The van der Waals surface area contributed by atoms with Crippen LogP contribution in [-0.4, -0.2) is 22.9 Å². The number of ether oxygens (including phenoxy) is 2. The molecule has 0 bridgehead atoms. The summed E-state index contributed by atoms with van der Waals surface area (Å²) in [4.78, 5) is 31.9. The molecule has 1 heterocycles. The van der Waals surface area contributed by atoms with E-state index in [-0.39, 0.29) is 5.96 Å². The van der Waals surface area contributed by atoms with Gasteiger partial charge in [-0.05, 0) is 60.7 Å². The molecule has 0 atom stereocenters. The number of esters is 2. The van der Waals surface area contributed by atoms with Gasteiger partial charge in [0.25, 0.3) is 0 Å². The fraction of sp³-hybridized carbons (Fsp3) is 0. The molecule has 2 aromatic carbocycles. The number of hydrogen-bond acceptors (Lipinski definition) is 6. The number of benzene rings is 2. The van der Waals surface area contributed by atoms with Gasteiger partial charge in [0.15, 0.2) is 5.96 Å². The maximum Gasteiger partial charge on any atom is 0.345 e. The summed E-state index contributed by atoms with van der Waals surface area (Å²) in [7, 11) is 0.